The molecule has 0 aliphatic heterocycles. The minimum Gasteiger partial charge on any atom is -0.475 e. The molecule has 2 N–H and O–H groups in total. The Balaban J connectivity index is 1.99. The van der Waals surface area contributed by atoms with Crippen LogP contribution in [0.1, 0.15) is 34.8 Å². The molecule has 0 aliphatic carbocycles. The van der Waals surface area contributed by atoms with Crippen LogP contribution in [0, 0.1) is 5.82 Å². The molecule has 0 bridgehead atoms. The molecule has 100 valence electrons. The van der Waals surface area contributed by atoms with Crippen molar-refractivity contribution in [2.45, 2.75) is 19.5 Å². The molecule has 1 aromatic carbocycles. The third-order valence-corrected chi connectivity index (χ3v) is 2.82. The minimum atomic E-state index is -1.10. The largest absolute Gasteiger partial charge is 0.475 e. The Morgan fingerprint density at radius 1 is 1.37 bits per heavy atom. The Morgan fingerprint density at radius 2 is 2.11 bits per heavy atom. The van der Waals surface area contributed by atoms with Gasteiger partial charge in [0.2, 0.25) is 5.76 Å². The third kappa shape index (κ3) is 3.20. The summed E-state index contributed by atoms with van der Waals surface area (Å²) in [6.45, 7) is 2.17. The fourth-order valence-corrected chi connectivity index (χ4v) is 1.71. The highest BCUT2D eigenvalue weighted by Gasteiger charge is 2.14. The summed E-state index contributed by atoms with van der Waals surface area (Å²) in [5, 5.41) is 11.8. The second-order valence-electron chi connectivity index (χ2n) is 4.20. The number of hydrogen-bond acceptors (Lipinski definition) is 3. The van der Waals surface area contributed by atoms with Crippen molar-refractivity contribution in [1.29, 1.82) is 0 Å². The summed E-state index contributed by atoms with van der Waals surface area (Å²) in [7, 11) is 0. The fourth-order valence-electron chi connectivity index (χ4n) is 1.71. The van der Waals surface area contributed by atoms with E-state index in [1.165, 1.54) is 12.1 Å². The van der Waals surface area contributed by atoms with Crippen molar-refractivity contribution in [3.8, 4) is 0 Å². The van der Waals surface area contributed by atoms with Crippen LogP contribution in [0.15, 0.2) is 40.8 Å². The van der Waals surface area contributed by atoms with E-state index in [4.69, 9.17) is 9.52 Å². The Kier molecular flexibility index (Phi) is 3.97. The van der Waals surface area contributed by atoms with Crippen LogP contribution in [0.2, 0.25) is 0 Å². The van der Waals surface area contributed by atoms with E-state index >= 15 is 0 Å². The van der Waals surface area contributed by atoms with E-state index in [9.17, 15) is 9.18 Å². The second kappa shape index (κ2) is 5.67. The first-order valence-electron chi connectivity index (χ1n) is 5.87. The van der Waals surface area contributed by atoms with Crippen LogP contribution in [0.4, 0.5) is 4.39 Å². The van der Waals surface area contributed by atoms with Gasteiger partial charge in [-0.3, -0.25) is 0 Å². The normalized spacial score (nSPS) is 12.3. The first-order chi connectivity index (χ1) is 9.08. The summed E-state index contributed by atoms with van der Waals surface area (Å²) >= 11 is 0. The van der Waals surface area contributed by atoms with Gasteiger partial charge in [-0.15, -0.1) is 0 Å². The first kappa shape index (κ1) is 13.3. The zero-order valence-electron chi connectivity index (χ0n) is 10.4. The van der Waals surface area contributed by atoms with E-state index in [1.54, 1.807) is 24.3 Å². The molecule has 4 nitrogen and oxygen atoms in total. The summed E-state index contributed by atoms with van der Waals surface area (Å²) in [6.07, 6.45) is 0. The van der Waals surface area contributed by atoms with E-state index in [-0.39, 0.29) is 17.6 Å². The molecule has 0 radical (unpaired) electrons. The van der Waals surface area contributed by atoms with Crippen LogP contribution in [-0.4, -0.2) is 11.1 Å². The van der Waals surface area contributed by atoms with Crippen molar-refractivity contribution in [2.75, 3.05) is 0 Å². The van der Waals surface area contributed by atoms with Crippen molar-refractivity contribution >= 4 is 5.97 Å². The summed E-state index contributed by atoms with van der Waals surface area (Å²) in [4.78, 5) is 10.7. The maximum absolute atomic E-state index is 13.4. The van der Waals surface area contributed by atoms with E-state index in [2.05, 4.69) is 5.32 Å². The van der Waals surface area contributed by atoms with Gasteiger partial charge in [0.25, 0.3) is 0 Å². The number of carbonyl (C=O) groups is 1. The Morgan fingerprint density at radius 3 is 2.74 bits per heavy atom. The van der Waals surface area contributed by atoms with Gasteiger partial charge < -0.3 is 14.8 Å². The molecule has 0 saturated carbocycles. The van der Waals surface area contributed by atoms with Crippen molar-refractivity contribution in [1.82, 2.24) is 5.32 Å². The van der Waals surface area contributed by atoms with Gasteiger partial charge in [-0.05, 0) is 25.1 Å². The number of carboxylic acid groups (broad SMARTS) is 1. The molecule has 2 aromatic rings. The van der Waals surface area contributed by atoms with Crippen molar-refractivity contribution in [2.24, 2.45) is 0 Å². The van der Waals surface area contributed by atoms with Gasteiger partial charge in [0.1, 0.15) is 11.6 Å². The van der Waals surface area contributed by atoms with E-state index in [0.29, 0.717) is 17.9 Å². The van der Waals surface area contributed by atoms with Crippen molar-refractivity contribution < 1.29 is 18.7 Å². The van der Waals surface area contributed by atoms with E-state index in [1.807, 2.05) is 6.92 Å². The minimum absolute atomic E-state index is 0.102. The molecule has 0 fully saturated rings. The summed E-state index contributed by atoms with van der Waals surface area (Å²) in [5.41, 5.74) is 0.555. The Bertz CT molecular complexity index is 580. The molecule has 1 unspecified atom stereocenters. The average molecular weight is 263 g/mol. The molecule has 5 heteroatoms. The standard InChI is InChI=1S/C14H14FNO3/c1-9(12-6-7-13(19-12)14(17)18)16-8-10-4-2-3-5-11(10)15/h2-7,9,16H,8H2,1H3,(H,17,18). The lowest BCUT2D eigenvalue weighted by Crippen LogP contribution is -2.18. The zero-order valence-corrected chi connectivity index (χ0v) is 10.4. The maximum Gasteiger partial charge on any atom is 0.371 e. The molecule has 19 heavy (non-hydrogen) atoms. The lowest BCUT2D eigenvalue weighted by atomic mass is 10.2. The monoisotopic (exact) mass is 263 g/mol. The van der Waals surface area contributed by atoms with Gasteiger partial charge in [0.15, 0.2) is 0 Å². The number of halogens is 1. The second-order valence-corrected chi connectivity index (χ2v) is 4.20. The molecular weight excluding hydrogens is 249 g/mol. The van der Waals surface area contributed by atoms with Crippen LogP contribution in [-0.2, 0) is 6.54 Å². The molecule has 1 atom stereocenters. The van der Waals surface area contributed by atoms with Gasteiger partial charge in [-0.1, -0.05) is 18.2 Å². The summed E-state index contributed by atoms with van der Waals surface area (Å²) < 4.78 is 18.6. The number of rotatable bonds is 5. The molecule has 2 rings (SSSR count). The van der Waals surface area contributed by atoms with Crippen molar-refractivity contribution in [3.63, 3.8) is 0 Å². The predicted octanol–water partition coefficient (Wildman–Crippen LogP) is 2.97. The van der Waals surface area contributed by atoms with Crippen LogP contribution in [0.5, 0.6) is 0 Å². The topological polar surface area (TPSA) is 62.5 Å². The predicted molar refractivity (Wildman–Crippen MR) is 67.3 cm³/mol. The molecule has 0 aliphatic rings. The fraction of sp³-hybridized carbons (Fsp3) is 0.214. The molecule has 1 aromatic heterocycles. The Hall–Kier alpha value is -2.14. The highest BCUT2D eigenvalue weighted by Crippen LogP contribution is 2.17. The highest BCUT2D eigenvalue weighted by molar-refractivity contribution is 5.84. The smallest absolute Gasteiger partial charge is 0.371 e. The van der Waals surface area contributed by atoms with Crippen molar-refractivity contribution in [3.05, 3.63) is 59.3 Å². The molecule has 0 amide bonds. The lowest BCUT2D eigenvalue weighted by molar-refractivity contribution is 0.0659. The summed E-state index contributed by atoms with van der Waals surface area (Å²) in [6, 6.07) is 9.29. The molecular formula is C14H14FNO3. The highest BCUT2D eigenvalue weighted by atomic mass is 19.1. The average Bonchev–Trinajstić information content (AvgIpc) is 2.87. The molecule has 0 spiro atoms. The van der Waals surface area contributed by atoms with Crippen LogP contribution in [0.3, 0.4) is 0 Å². The maximum atomic E-state index is 13.4. The Labute approximate surface area is 109 Å². The van der Waals surface area contributed by atoms with Crippen LogP contribution >= 0.6 is 0 Å². The van der Waals surface area contributed by atoms with Crippen LogP contribution in [0.25, 0.3) is 0 Å². The summed E-state index contributed by atoms with van der Waals surface area (Å²) in [5.74, 6) is -0.969. The number of carboxylic acids is 1. The molecule has 1 heterocycles. The van der Waals surface area contributed by atoms with Crippen LogP contribution < -0.4 is 5.32 Å². The number of furan rings is 1. The first-order valence-corrected chi connectivity index (χ1v) is 5.87. The van der Waals surface area contributed by atoms with Gasteiger partial charge in [0, 0.05) is 12.1 Å². The SMILES string of the molecule is CC(NCc1ccccc1F)c1ccc(C(=O)O)o1. The van der Waals surface area contributed by atoms with Gasteiger partial charge in [-0.2, -0.15) is 0 Å². The number of hydrogen-bond donors (Lipinski definition) is 2. The quantitative estimate of drug-likeness (QED) is 0.870. The van der Waals surface area contributed by atoms with Gasteiger partial charge in [0.05, 0.1) is 6.04 Å². The van der Waals surface area contributed by atoms with Gasteiger partial charge >= 0.3 is 5.97 Å². The number of benzene rings is 1. The number of aromatic carboxylic acids is 1. The zero-order chi connectivity index (χ0) is 13.8. The molecule has 0 saturated heterocycles. The lowest BCUT2D eigenvalue weighted by Gasteiger charge is -2.11. The van der Waals surface area contributed by atoms with E-state index in [0.717, 1.165) is 0 Å². The number of nitrogens with one attached hydrogen (secondary N) is 1. The van der Waals surface area contributed by atoms with Gasteiger partial charge in [-0.25, -0.2) is 9.18 Å². The van der Waals surface area contributed by atoms with E-state index < -0.39 is 5.97 Å². The third-order valence-electron chi connectivity index (χ3n) is 2.82.